The second kappa shape index (κ2) is 4.31. The predicted molar refractivity (Wildman–Crippen MR) is 73.3 cm³/mol. The van der Waals surface area contributed by atoms with E-state index in [0.29, 0.717) is 5.75 Å². The van der Waals surface area contributed by atoms with Crippen LogP contribution in [-0.4, -0.2) is 5.43 Å². The summed E-state index contributed by atoms with van der Waals surface area (Å²) >= 11 is 5.35. The largest absolute Gasteiger partial charge is 0.413 e. The summed E-state index contributed by atoms with van der Waals surface area (Å²) in [6.45, 7) is 0. The molecule has 3 aromatic rings. The molecule has 0 saturated carbocycles. The van der Waals surface area contributed by atoms with Crippen molar-refractivity contribution in [2.45, 2.75) is 0 Å². The summed E-state index contributed by atoms with van der Waals surface area (Å²) < 4.78 is 5.17. The summed E-state index contributed by atoms with van der Waals surface area (Å²) in [4.78, 5) is 11.0. The molecular formula is C15H9ClO2. The Morgan fingerprint density at radius 1 is 0.889 bits per heavy atom. The van der Waals surface area contributed by atoms with Gasteiger partial charge in [0.05, 0.1) is 0 Å². The maximum absolute atomic E-state index is 11.0. The van der Waals surface area contributed by atoms with Crippen molar-refractivity contribution in [1.82, 2.24) is 0 Å². The average molecular weight is 257 g/mol. The monoisotopic (exact) mass is 256 g/mol. The third kappa shape index (κ3) is 1.81. The van der Waals surface area contributed by atoms with Gasteiger partial charge in [-0.3, -0.25) is 0 Å². The molecule has 0 aromatic heterocycles. The maximum Gasteiger partial charge on any atom is 0.409 e. The van der Waals surface area contributed by atoms with Crippen LogP contribution in [0.2, 0.25) is 0 Å². The highest BCUT2D eigenvalue weighted by atomic mass is 35.5. The van der Waals surface area contributed by atoms with E-state index >= 15 is 0 Å². The van der Waals surface area contributed by atoms with Crippen molar-refractivity contribution in [1.29, 1.82) is 0 Å². The van der Waals surface area contributed by atoms with Gasteiger partial charge in [-0.05, 0) is 16.8 Å². The van der Waals surface area contributed by atoms with Gasteiger partial charge in [-0.25, -0.2) is 4.79 Å². The molecule has 88 valence electrons. The first kappa shape index (κ1) is 11.1. The molecule has 3 rings (SSSR count). The Morgan fingerprint density at radius 3 is 1.89 bits per heavy atom. The Bertz CT molecular complexity index is 696. The molecule has 2 nitrogen and oxygen atoms in total. The van der Waals surface area contributed by atoms with Crippen LogP contribution < -0.4 is 4.74 Å². The molecule has 0 N–H and O–H groups in total. The molecular weight excluding hydrogens is 248 g/mol. The molecule has 0 spiro atoms. The van der Waals surface area contributed by atoms with E-state index in [9.17, 15) is 4.79 Å². The minimum atomic E-state index is -0.823. The number of carbonyl (C=O) groups excluding carboxylic acids is 1. The van der Waals surface area contributed by atoms with Gasteiger partial charge >= 0.3 is 5.43 Å². The SMILES string of the molecule is O=C(Cl)Oc1c2ccccc2cc2ccccc12. The molecule has 0 radical (unpaired) electrons. The van der Waals surface area contributed by atoms with Crippen LogP contribution in [0.15, 0.2) is 54.6 Å². The molecule has 0 fully saturated rings. The minimum Gasteiger partial charge on any atom is -0.413 e. The molecule has 0 aliphatic carbocycles. The minimum absolute atomic E-state index is 0.517. The van der Waals surface area contributed by atoms with Crippen molar-refractivity contribution < 1.29 is 9.53 Å². The molecule has 0 heterocycles. The van der Waals surface area contributed by atoms with Gasteiger partial charge in [-0.2, -0.15) is 0 Å². The summed E-state index contributed by atoms with van der Waals surface area (Å²) in [6, 6.07) is 17.6. The van der Waals surface area contributed by atoms with E-state index in [1.165, 1.54) is 0 Å². The number of ether oxygens (including phenoxy) is 1. The normalized spacial score (nSPS) is 10.7. The molecule has 0 atom stereocenters. The van der Waals surface area contributed by atoms with E-state index in [1.807, 2.05) is 48.5 Å². The number of benzene rings is 3. The Balaban J connectivity index is 2.45. The molecule has 18 heavy (non-hydrogen) atoms. The quantitative estimate of drug-likeness (QED) is 0.465. The lowest BCUT2D eigenvalue weighted by molar-refractivity contribution is 0.226. The van der Waals surface area contributed by atoms with Gasteiger partial charge in [0.15, 0.2) is 0 Å². The Morgan fingerprint density at radius 2 is 1.39 bits per heavy atom. The Labute approximate surface area is 109 Å². The van der Waals surface area contributed by atoms with Gasteiger partial charge in [0, 0.05) is 22.4 Å². The molecule has 0 aliphatic rings. The number of carbonyl (C=O) groups is 1. The van der Waals surface area contributed by atoms with E-state index in [0.717, 1.165) is 21.5 Å². The van der Waals surface area contributed by atoms with Crippen LogP contribution in [0.25, 0.3) is 21.5 Å². The zero-order chi connectivity index (χ0) is 12.5. The lowest BCUT2D eigenvalue weighted by Crippen LogP contribution is -1.97. The number of hydrogen-bond donors (Lipinski definition) is 0. The molecule has 0 saturated heterocycles. The van der Waals surface area contributed by atoms with Crippen LogP contribution in [0.1, 0.15) is 0 Å². The zero-order valence-electron chi connectivity index (χ0n) is 9.39. The van der Waals surface area contributed by atoms with Crippen molar-refractivity contribution in [3.63, 3.8) is 0 Å². The highest BCUT2D eigenvalue weighted by Gasteiger charge is 2.10. The number of halogens is 1. The van der Waals surface area contributed by atoms with Crippen LogP contribution in [-0.2, 0) is 0 Å². The van der Waals surface area contributed by atoms with Gasteiger partial charge in [0.2, 0.25) is 0 Å². The van der Waals surface area contributed by atoms with E-state index in [2.05, 4.69) is 6.07 Å². The zero-order valence-corrected chi connectivity index (χ0v) is 10.1. The van der Waals surface area contributed by atoms with Crippen molar-refractivity contribution in [3.8, 4) is 5.75 Å². The lowest BCUT2D eigenvalue weighted by Gasteiger charge is -2.09. The predicted octanol–water partition coefficient (Wildman–Crippen LogP) is 4.73. The van der Waals surface area contributed by atoms with Gasteiger partial charge < -0.3 is 4.74 Å². The first-order chi connectivity index (χ1) is 8.75. The topological polar surface area (TPSA) is 26.3 Å². The lowest BCUT2D eigenvalue weighted by atomic mass is 10.0. The molecule has 3 heteroatoms. The third-order valence-electron chi connectivity index (χ3n) is 2.90. The van der Waals surface area contributed by atoms with Gasteiger partial charge in [-0.15, -0.1) is 0 Å². The smallest absolute Gasteiger partial charge is 0.409 e. The van der Waals surface area contributed by atoms with Crippen LogP contribution in [0.4, 0.5) is 4.79 Å². The van der Waals surface area contributed by atoms with Crippen LogP contribution >= 0.6 is 11.6 Å². The number of rotatable bonds is 1. The van der Waals surface area contributed by atoms with Crippen LogP contribution in [0, 0.1) is 0 Å². The number of hydrogen-bond acceptors (Lipinski definition) is 2. The van der Waals surface area contributed by atoms with Crippen molar-refractivity contribution in [2.24, 2.45) is 0 Å². The van der Waals surface area contributed by atoms with Gasteiger partial charge in [0.1, 0.15) is 5.75 Å². The fourth-order valence-corrected chi connectivity index (χ4v) is 2.24. The summed E-state index contributed by atoms with van der Waals surface area (Å²) in [5, 5.41) is 3.80. The average Bonchev–Trinajstić information content (AvgIpc) is 2.38. The van der Waals surface area contributed by atoms with E-state index in [1.54, 1.807) is 0 Å². The molecule has 0 aliphatic heterocycles. The highest BCUT2D eigenvalue weighted by molar-refractivity contribution is 6.61. The molecule has 0 bridgehead atoms. The standard InChI is InChI=1S/C15H9ClO2/c16-15(17)18-14-12-7-3-1-5-10(12)9-11-6-2-4-8-13(11)14/h1-9H. The van der Waals surface area contributed by atoms with E-state index in [4.69, 9.17) is 16.3 Å². The summed E-state index contributed by atoms with van der Waals surface area (Å²) in [6.07, 6.45) is 0. The second-order valence-electron chi connectivity index (χ2n) is 3.99. The van der Waals surface area contributed by atoms with Crippen LogP contribution in [0.5, 0.6) is 5.75 Å². The summed E-state index contributed by atoms with van der Waals surface area (Å²) in [5.41, 5.74) is -0.823. The van der Waals surface area contributed by atoms with Crippen molar-refractivity contribution >= 4 is 38.6 Å². The van der Waals surface area contributed by atoms with E-state index < -0.39 is 5.43 Å². The first-order valence-corrected chi connectivity index (χ1v) is 5.91. The highest BCUT2D eigenvalue weighted by Crippen LogP contribution is 2.35. The third-order valence-corrected chi connectivity index (χ3v) is 2.98. The van der Waals surface area contributed by atoms with Crippen molar-refractivity contribution in [2.75, 3.05) is 0 Å². The molecule has 3 aromatic carbocycles. The second-order valence-corrected chi connectivity index (χ2v) is 4.30. The van der Waals surface area contributed by atoms with Crippen LogP contribution in [0.3, 0.4) is 0 Å². The Hall–Kier alpha value is -2.06. The fourth-order valence-electron chi connectivity index (χ4n) is 2.16. The van der Waals surface area contributed by atoms with E-state index in [-0.39, 0.29) is 0 Å². The van der Waals surface area contributed by atoms with Crippen molar-refractivity contribution in [3.05, 3.63) is 54.6 Å². The maximum atomic E-state index is 11.0. The molecule has 0 amide bonds. The Kier molecular flexibility index (Phi) is 2.65. The summed E-state index contributed by atoms with van der Waals surface area (Å²) in [5.74, 6) is 0.517. The first-order valence-electron chi connectivity index (χ1n) is 5.53. The summed E-state index contributed by atoms with van der Waals surface area (Å²) in [7, 11) is 0. The van der Waals surface area contributed by atoms with Gasteiger partial charge in [0.25, 0.3) is 0 Å². The number of fused-ring (bicyclic) bond motifs is 2. The fraction of sp³-hybridized carbons (Fsp3) is 0. The molecule has 0 unspecified atom stereocenters. The van der Waals surface area contributed by atoms with Gasteiger partial charge in [-0.1, -0.05) is 48.5 Å².